The molecule has 0 unspecified atom stereocenters. The maximum absolute atomic E-state index is 4.45. The zero-order valence-electron chi connectivity index (χ0n) is 16.0. The molecule has 2 rings (SSSR count). The molecular weight excluding hydrogens is 493 g/mol. The molecule has 0 aromatic carbocycles. The highest BCUT2D eigenvalue weighted by atomic mass is 127. The normalized spacial score (nSPS) is 16.6. The summed E-state index contributed by atoms with van der Waals surface area (Å²) >= 11 is 3.54. The highest BCUT2D eigenvalue weighted by molar-refractivity contribution is 14.0. The van der Waals surface area contributed by atoms with Crippen LogP contribution in [0.1, 0.15) is 31.9 Å². The van der Waals surface area contributed by atoms with Gasteiger partial charge >= 0.3 is 0 Å². The number of nitrogens with one attached hydrogen (secondary N) is 1. The summed E-state index contributed by atoms with van der Waals surface area (Å²) in [5.74, 6) is 1.73. The van der Waals surface area contributed by atoms with E-state index < -0.39 is 0 Å². The molecule has 0 spiro atoms. The van der Waals surface area contributed by atoms with E-state index in [2.05, 4.69) is 73.9 Å². The number of likely N-dealkylation sites (tertiary alicyclic amines) is 1. The number of aromatic nitrogens is 1. The number of hydrogen-bond acceptors (Lipinski definition) is 2. The molecule has 1 fully saturated rings. The van der Waals surface area contributed by atoms with Crippen LogP contribution >= 0.6 is 39.9 Å². The predicted octanol–water partition coefficient (Wildman–Crippen LogP) is 3.53. The Bertz CT molecular complexity index is 538. The van der Waals surface area contributed by atoms with Crippen molar-refractivity contribution in [2.45, 2.75) is 32.7 Å². The average molecular weight is 526 g/mol. The van der Waals surface area contributed by atoms with Crippen molar-refractivity contribution >= 4 is 45.9 Å². The van der Waals surface area contributed by atoms with E-state index >= 15 is 0 Å². The van der Waals surface area contributed by atoms with E-state index in [0.29, 0.717) is 0 Å². The SMILES string of the molecule is CCCN1CCC(CNC(=NC)N(C)Cc2cc(Br)cn2C)CC1.I. The molecule has 1 saturated heterocycles. The Kier molecular flexibility index (Phi) is 10.4. The van der Waals surface area contributed by atoms with E-state index in [1.807, 2.05) is 7.05 Å². The first kappa shape index (κ1) is 22.8. The summed E-state index contributed by atoms with van der Waals surface area (Å²) < 4.78 is 3.27. The maximum atomic E-state index is 4.45. The summed E-state index contributed by atoms with van der Waals surface area (Å²) in [6.07, 6.45) is 5.93. The lowest BCUT2D eigenvalue weighted by molar-refractivity contribution is 0.185. The topological polar surface area (TPSA) is 35.8 Å². The van der Waals surface area contributed by atoms with Gasteiger partial charge in [0.15, 0.2) is 5.96 Å². The Morgan fingerprint density at radius 2 is 2.08 bits per heavy atom. The summed E-state index contributed by atoms with van der Waals surface area (Å²) in [4.78, 5) is 9.23. The lowest BCUT2D eigenvalue weighted by Gasteiger charge is -2.32. The van der Waals surface area contributed by atoms with Crippen LogP contribution in [0.15, 0.2) is 21.7 Å². The molecule has 0 saturated carbocycles. The lowest BCUT2D eigenvalue weighted by atomic mass is 9.97. The van der Waals surface area contributed by atoms with E-state index in [1.54, 1.807) is 0 Å². The number of nitrogens with zero attached hydrogens (tertiary/aromatic N) is 4. The zero-order chi connectivity index (χ0) is 17.5. The quantitative estimate of drug-likeness (QED) is 0.350. The first-order valence-corrected chi connectivity index (χ1v) is 9.77. The lowest BCUT2D eigenvalue weighted by Crippen LogP contribution is -2.43. The Morgan fingerprint density at radius 3 is 2.60 bits per heavy atom. The van der Waals surface area contributed by atoms with Gasteiger partial charge in [-0.05, 0) is 66.8 Å². The number of guanidine groups is 1. The van der Waals surface area contributed by atoms with Crippen LogP contribution < -0.4 is 5.32 Å². The van der Waals surface area contributed by atoms with E-state index in [-0.39, 0.29) is 24.0 Å². The largest absolute Gasteiger partial charge is 0.356 e. The maximum Gasteiger partial charge on any atom is 0.193 e. The van der Waals surface area contributed by atoms with Gasteiger partial charge < -0.3 is 19.7 Å². The number of piperidine rings is 1. The molecule has 1 N–H and O–H groups in total. The Hall–Kier alpha value is -0.280. The first-order valence-electron chi connectivity index (χ1n) is 8.98. The van der Waals surface area contributed by atoms with Crippen molar-refractivity contribution in [1.82, 2.24) is 19.7 Å². The van der Waals surface area contributed by atoms with Crippen molar-refractivity contribution in [2.75, 3.05) is 40.3 Å². The molecule has 7 heteroatoms. The Labute approximate surface area is 178 Å². The minimum atomic E-state index is 0. The molecule has 0 amide bonds. The molecule has 0 bridgehead atoms. The molecule has 1 aromatic rings. The van der Waals surface area contributed by atoms with Crippen molar-refractivity contribution in [2.24, 2.45) is 18.0 Å². The second-order valence-electron chi connectivity index (χ2n) is 6.83. The van der Waals surface area contributed by atoms with Crippen LogP contribution in [0.5, 0.6) is 0 Å². The van der Waals surface area contributed by atoms with Crippen molar-refractivity contribution < 1.29 is 0 Å². The summed E-state index contributed by atoms with van der Waals surface area (Å²) in [6, 6.07) is 2.16. The summed E-state index contributed by atoms with van der Waals surface area (Å²) in [5.41, 5.74) is 1.26. The summed E-state index contributed by atoms with van der Waals surface area (Å²) in [7, 11) is 6.04. The minimum Gasteiger partial charge on any atom is -0.356 e. The van der Waals surface area contributed by atoms with Gasteiger partial charge in [0.2, 0.25) is 0 Å². The van der Waals surface area contributed by atoms with Crippen molar-refractivity contribution in [3.63, 3.8) is 0 Å². The third-order valence-corrected chi connectivity index (χ3v) is 5.28. The van der Waals surface area contributed by atoms with Gasteiger partial charge in [0.05, 0.1) is 6.54 Å². The Morgan fingerprint density at radius 1 is 1.40 bits per heavy atom. The van der Waals surface area contributed by atoms with Gasteiger partial charge in [0.1, 0.15) is 0 Å². The van der Waals surface area contributed by atoms with Crippen LogP contribution in [0.3, 0.4) is 0 Å². The fraction of sp³-hybridized carbons (Fsp3) is 0.722. The fourth-order valence-electron chi connectivity index (χ4n) is 3.39. The number of halogens is 2. The van der Waals surface area contributed by atoms with Gasteiger partial charge in [-0.1, -0.05) is 6.92 Å². The molecule has 0 aliphatic carbocycles. The molecule has 2 heterocycles. The molecule has 1 aromatic heterocycles. The predicted molar refractivity (Wildman–Crippen MR) is 121 cm³/mol. The van der Waals surface area contributed by atoms with Crippen LogP contribution in [-0.4, -0.2) is 60.6 Å². The highest BCUT2D eigenvalue weighted by Gasteiger charge is 2.19. The van der Waals surface area contributed by atoms with Gasteiger partial charge in [-0.3, -0.25) is 4.99 Å². The number of hydrogen-bond donors (Lipinski definition) is 1. The van der Waals surface area contributed by atoms with E-state index in [1.165, 1.54) is 44.6 Å². The zero-order valence-corrected chi connectivity index (χ0v) is 19.9. The number of aliphatic imine (C=N–C) groups is 1. The molecule has 25 heavy (non-hydrogen) atoms. The monoisotopic (exact) mass is 525 g/mol. The van der Waals surface area contributed by atoms with E-state index in [9.17, 15) is 0 Å². The standard InChI is InChI=1S/C18H32BrN5.HI/c1-5-8-24-9-6-15(7-10-24)12-21-18(20-2)23(4)14-17-11-16(19)13-22(17)3;/h11,13,15H,5-10,12,14H2,1-4H3,(H,20,21);1H. The van der Waals surface area contributed by atoms with Gasteiger partial charge in [0, 0.05) is 44.1 Å². The van der Waals surface area contributed by atoms with Crippen LogP contribution in [0.4, 0.5) is 0 Å². The molecule has 144 valence electrons. The van der Waals surface area contributed by atoms with Gasteiger partial charge in [-0.15, -0.1) is 24.0 Å². The number of aryl methyl sites for hydroxylation is 1. The summed E-state index contributed by atoms with van der Waals surface area (Å²) in [6.45, 7) is 7.86. The molecule has 1 aliphatic rings. The van der Waals surface area contributed by atoms with Crippen molar-refractivity contribution in [1.29, 1.82) is 0 Å². The van der Waals surface area contributed by atoms with Crippen molar-refractivity contribution in [3.05, 3.63) is 22.4 Å². The molecule has 1 aliphatic heterocycles. The minimum absolute atomic E-state index is 0. The van der Waals surface area contributed by atoms with Gasteiger partial charge in [-0.2, -0.15) is 0 Å². The smallest absolute Gasteiger partial charge is 0.193 e. The molecule has 5 nitrogen and oxygen atoms in total. The van der Waals surface area contributed by atoms with Crippen LogP contribution in [0.25, 0.3) is 0 Å². The fourth-order valence-corrected chi connectivity index (χ4v) is 3.96. The van der Waals surface area contributed by atoms with Crippen LogP contribution in [0.2, 0.25) is 0 Å². The average Bonchev–Trinajstić information content (AvgIpc) is 2.87. The highest BCUT2D eigenvalue weighted by Crippen LogP contribution is 2.17. The van der Waals surface area contributed by atoms with Crippen LogP contribution in [-0.2, 0) is 13.6 Å². The molecular formula is C18H33BrIN5. The third-order valence-electron chi connectivity index (χ3n) is 4.84. The molecule has 0 radical (unpaired) electrons. The molecule has 0 atom stereocenters. The van der Waals surface area contributed by atoms with Crippen molar-refractivity contribution in [3.8, 4) is 0 Å². The van der Waals surface area contributed by atoms with Gasteiger partial charge in [-0.25, -0.2) is 0 Å². The first-order chi connectivity index (χ1) is 11.5. The Balaban J connectivity index is 0.00000312. The third kappa shape index (κ3) is 7.09. The van der Waals surface area contributed by atoms with E-state index in [0.717, 1.165) is 29.4 Å². The van der Waals surface area contributed by atoms with Crippen LogP contribution in [0, 0.1) is 5.92 Å². The second kappa shape index (κ2) is 11.4. The second-order valence-corrected chi connectivity index (χ2v) is 7.75. The van der Waals surface area contributed by atoms with Gasteiger partial charge in [0.25, 0.3) is 0 Å². The summed E-state index contributed by atoms with van der Waals surface area (Å²) in [5, 5.41) is 3.57. The van der Waals surface area contributed by atoms with E-state index in [4.69, 9.17) is 0 Å². The number of rotatable bonds is 6.